The highest BCUT2D eigenvalue weighted by Crippen LogP contribution is 2.32. The van der Waals surface area contributed by atoms with Gasteiger partial charge in [-0.2, -0.15) is 0 Å². The SMILES string of the molecule is Cn1cncc1[C@@H]1CN(Cc2cccc3c2C(=O)N(C2CCC(=O)NC2=O)C3=O)C[C@H]1N. The predicted molar refractivity (Wildman–Crippen MR) is 112 cm³/mol. The molecule has 1 aromatic heterocycles. The Bertz CT molecular complexity index is 1140. The molecule has 1 aromatic carbocycles. The van der Waals surface area contributed by atoms with Gasteiger partial charge >= 0.3 is 0 Å². The largest absolute Gasteiger partial charge is 0.337 e. The number of aromatic nitrogens is 2. The van der Waals surface area contributed by atoms with Crippen LogP contribution in [0, 0.1) is 0 Å². The molecule has 2 aromatic rings. The Kier molecular flexibility index (Phi) is 4.90. The maximum absolute atomic E-state index is 13.3. The molecule has 4 amide bonds. The number of piperidine rings is 1. The van der Waals surface area contributed by atoms with Gasteiger partial charge in [0.15, 0.2) is 0 Å². The number of carbonyl (C=O) groups is 4. The summed E-state index contributed by atoms with van der Waals surface area (Å²) in [6.45, 7) is 1.83. The van der Waals surface area contributed by atoms with Gasteiger partial charge in [-0.1, -0.05) is 12.1 Å². The third kappa shape index (κ3) is 3.23. The van der Waals surface area contributed by atoms with Crippen molar-refractivity contribution in [3.63, 3.8) is 0 Å². The molecule has 0 radical (unpaired) electrons. The normalized spacial score (nSPS) is 26.1. The summed E-state index contributed by atoms with van der Waals surface area (Å²) in [6.07, 6.45) is 3.81. The first-order valence-corrected chi connectivity index (χ1v) is 10.6. The lowest BCUT2D eigenvalue weighted by Crippen LogP contribution is -2.54. The van der Waals surface area contributed by atoms with Gasteiger partial charge in [0, 0.05) is 57.0 Å². The van der Waals surface area contributed by atoms with Crippen LogP contribution in [0.1, 0.15) is 50.7 Å². The minimum Gasteiger partial charge on any atom is -0.337 e. The third-order valence-electron chi connectivity index (χ3n) is 6.62. The molecule has 0 bridgehead atoms. The highest BCUT2D eigenvalue weighted by molar-refractivity contribution is 6.24. The number of carbonyl (C=O) groups excluding carboxylic acids is 4. The van der Waals surface area contributed by atoms with Crippen molar-refractivity contribution in [3.8, 4) is 0 Å². The summed E-state index contributed by atoms with van der Waals surface area (Å²) in [7, 11) is 1.94. The first kappa shape index (κ1) is 20.5. The summed E-state index contributed by atoms with van der Waals surface area (Å²) >= 11 is 0. The molecule has 3 aliphatic heterocycles. The lowest BCUT2D eigenvalue weighted by molar-refractivity contribution is -0.136. The lowest BCUT2D eigenvalue weighted by atomic mass is 10.0. The van der Waals surface area contributed by atoms with Gasteiger partial charge in [0.2, 0.25) is 11.8 Å². The minimum absolute atomic E-state index is 0.0699. The van der Waals surface area contributed by atoms with E-state index in [-0.39, 0.29) is 24.8 Å². The van der Waals surface area contributed by atoms with E-state index in [4.69, 9.17) is 5.73 Å². The van der Waals surface area contributed by atoms with E-state index in [0.717, 1.165) is 16.2 Å². The van der Waals surface area contributed by atoms with Crippen molar-refractivity contribution in [2.45, 2.75) is 37.4 Å². The van der Waals surface area contributed by atoms with Crippen molar-refractivity contribution in [2.24, 2.45) is 12.8 Å². The van der Waals surface area contributed by atoms with Crippen LogP contribution in [0.5, 0.6) is 0 Å². The van der Waals surface area contributed by atoms with Crippen LogP contribution in [0.4, 0.5) is 0 Å². The topological polar surface area (TPSA) is 131 Å². The van der Waals surface area contributed by atoms with Crippen LogP contribution in [0.3, 0.4) is 0 Å². The van der Waals surface area contributed by atoms with Gasteiger partial charge in [0.25, 0.3) is 11.8 Å². The van der Waals surface area contributed by atoms with E-state index in [1.54, 1.807) is 18.5 Å². The van der Waals surface area contributed by atoms with Gasteiger partial charge in [0.1, 0.15) is 6.04 Å². The summed E-state index contributed by atoms with van der Waals surface area (Å²) in [6, 6.07) is 4.16. The summed E-state index contributed by atoms with van der Waals surface area (Å²) < 4.78 is 1.97. The Morgan fingerprint density at radius 1 is 1.16 bits per heavy atom. The number of nitrogens with zero attached hydrogens (tertiary/aromatic N) is 4. The van der Waals surface area contributed by atoms with Crippen LogP contribution in [0.15, 0.2) is 30.7 Å². The van der Waals surface area contributed by atoms with Gasteiger partial charge in [-0.3, -0.25) is 34.3 Å². The van der Waals surface area contributed by atoms with E-state index in [1.807, 2.05) is 23.9 Å². The van der Waals surface area contributed by atoms with Crippen molar-refractivity contribution in [3.05, 3.63) is 53.1 Å². The quantitative estimate of drug-likeness (QED) is 0.632. The molecule has 10 nitrogen and oxygen atoms in total. The van der Waals surface area contributed by atoms with Gasteiger partial charge < -0.3 is 10.3 Å². The zero-order chi connectivity index (χ0) is 22.6. The number of fused-ring (bicyclic) bond motifs is 1. The minimum atomic E-state index is -0.970. The lowest BCUT2D eigenvalue weighted by Gasteiger charge is -2.28. The number of nitrogens with one attached hydrogen (secondary N) is 1. The van der Waals surface area contributed by atoms with Gasteiger partial charge in [-0.25, -0.2) is 4.98 Å². The van der Waals surface area contributed by atoms with Crippen molar-refractivity contribution in [1.82, 2.24) is 24.7 Å². The van der Waals surface area contributed by atoms with Crippen LogP contribution in [0.25, 0.3) is 0 Å². The monoisotopic (exact) mass is 436 g/mol. The average Bonchev–Trinajstić information content (AvgIpc) is 3.40. The second-order valence-electron chi connectivity index (χ2n) is 8.68. The van der Waals surface area contributed by atoms with E-state index < -0.39 is 29.7 Å². The average molecular weight is 436 g/mol. The third-order valence-corrected chi connectivity index (χ3v) is 6.62. The van der Waals surface area contributed by atoms with Gasteiger partial charge in [-0.15, -0.1) is 0 Å². The molecule has 2 fully saturated rings. The van der Waals surface area contributed by atoms with E-state index >= 15 is 0 Å². The fourth-order valence-corrected chi connectivity index (χ4v) is 5.04. The zero-order valence-corrected chi connectivity index (χ0v) is 17.7. The molecule has 1 unspecified atom stereocenters. The van der Waals surface area contributed by atoms with Crippen molar-refractivity contribution < 1.29 is 19.2 Å². The summed E-state index contributed by atoms with van der Waals surface area (Å²) in [5.74, 6) is -1.86. The number of imide groups is 2. The highest BCUT2D eigenvalue weighted by atomic mass is 16.2. The Balaban J connectivity index is 1.39. The van der Waals surface area contributed by atoms with Crippen LogP contribution in [0.2, 0.25) is 0 Å². The molecule has 3 N–H and O–H groups in total. The highest BCUT2D eigenvalue weighted by Gasteiger charge is 2.45. The molecule has 4 heterocycles. The molecule has 32 heavy (non-hydrogen) atoms. The van der Waals surface area contributed by atoms with Crippen molar-refractivity contribution in [1.29, 1.82) is 0 Å². The molecule has 10 heteroatoms. The molecule has 3 aliphatic rings. The van der Waals surface area contributed by atoms with Gasteiger partial charge in [0.05, 0.1) is 17.5 Å². The van der Waals surface area contributed by atoms with E-state index in [0.29, 0.717) is 30.8 Å². The first-order chi connectivity index (χ1) is 15.3. The van der Waals surface area contributed by atoms with Gasteiger partial charge in [-0.05, 0) is 18.1 Å². The fraction of sp³-hybridized carbons (Fsp3) is 0.409. The molecule has 5 rings (SSSR count). The Hall–Kier alpha value is -3.37. The molecule has 3 atom stereocenters. The smallest absolute Gasteiger partial charge is 0.262 e. The molecule has 0 aliphatic carbocycles. The molecular weight excluding hydrogens is 412 g/mol. The van der Waals surface area contributed by atoms with Crippen molar-refractivity contribution >= 4 is 23.6 Å². The number of likely N-dealkylation sites (tertiary alicyclic amines) is 1. The van der Waals surface area contributed by atoms with E-state index in [2.05, 4.69) is 15.2 Å². The summed E-state index contributed by atoms with van der Waals surface area (Å²) in [5, 5.41) is 2.22. The maximum Gasteiger partial charge on any atom is 0.262 e. The second kappa shape index (κ2) is 7.64. The summed E-state index contributed by atoms with van der Waals surface area (Å²) in [5.41, 5.74) is 8.83. The Labute approximate surface area is 184 Å². The molecule has 2 saturated heterocycles. The maximum atomic E-state index is 13.3. The van der Waals surface area contributed by atoms with E-state index in [9.17, 15) is 19.2 Å². The van der Waals surface area contributed by atoms with Crippen molar-refractivity contribution in [2.75, 3.05) is 13.1 Å². The number of rotatable bonds is 4. The first-order valence-electron chi connectivity index (χ1n) is 10.6. The Morgan fingerprint density at radius 3 is 2.69 bits per heavy atom. The predicted octanol–water partition coefficient (Wildman–Crippen LogP) is -0.252. The number of aryl methyl sites for hydroxylation is 1. The number of hydrogen-bond donors (Lipinski definition) is 2. The standard InChI is InChI=1S/C22H24N6O4/c1-26-11-24-7-17(26)14-9-27(10-15(14)23)8-12-3-2-4-13-19(12)22(32)28(21(13)31)16-5-6-18(29)25-20(16)30/h2-4,7,11,14-16H,5-6,8-10,23H2,1H3,(H,25,29,30)/t14-,15-,16?/m1/s1. The second-order valence-corrected chi connectivity index (χ2v) is 8.68. The van der Waals surface area contributed by atoms with Crippen LogP contribution in [-0.2, 0) is 23.2 Å². The van der Waals surface area contributed by atoms with Crippen LogP contribution < -0.4 is 11.1 Å². The number of hydrogen-bond acceptors (Lipinski definition) is 7. The molecular formula is C22H24N6O4. The zero-order valence-electron chi connectivity index (χ0n) is 17.7. The number of amides is 4. The summed E-state index contributed by atoms with van der Waals surface area (Å²) in [4.78, 5) is 57.4. The Morgan fingerprint density at radius 2 is 1.97 bits per heavy atom. The number of imidazole rings is 1. The van der Waals surface area contributed by atoms with E-state index in [1.165, 1.54) is 0 Å². The molecule has 166 valence electrons. The van der Waals surface area contributed by atoms with Crippen LogP contribution >= 0.6 is 0 Å². The molecule has 0 saturated carbocycles. The number of nitrogens with two attached hydrogens (primary N) is 1. The van der Waals surface area contributed by atoms with Crippen LogP contribution in [-0.4, -0.2) is 68.2 Å². The molecule has 0 spiro atoms. The fourth-order valence-electron chi connectivity index (χ4n) is 5.04. The number of benzene rings is 1.